The van der Waals surface area contributed by atoms with E-state index in [4.69, 9.17) is 5.73 Å². The van der Waals surface area contributed by atoms with Gasteiger partial charge >= 0.3 is 0 Å². The second kappa shape index (κ2) is 6.70. The van der Waals surface area contributed by atoms with Crippen LogP contribution in [0.5, 0.6) is 0 Å². The maximum absolute atomic E-state index is 9.47. The minimum Gasteiger partial charge on any atom is -0.368 e. The van der Waals surface area contributed by atoms with Gasteiger partial charge in [0.2, 0.25) is 5.95 Å². The van der Waals surface area contributed by atoms with E-state index in [1.165, 1.54) is 0 Å². The molecule has 23 heavy (non-hydrogen) atoms. The van der Waals surface area contributed by atoms with E-state index in [0.717, 1.165) is 31.5 Å². The summed E-state index contributed by atoms with van der Waals surface area (Å²) in [6.07, 6.45) is 7.13. The van der Waals surface area contributed by atoms with Gasteiger partial charge in [-0.2, -0.15) is 20.3 Å². The summed E-state index contributed by atoms with van der Waals surface area (Å²) in [5.74, 6) is 0.989. The minimum absolute atomic E-state index is 0.116. The van der Waals surface area contributed by atoms with E-state index in [0.29, 0.717) is 17.2 Å². The SMILES string of the molecule is N#Cc1c(N/N=C/c2cccnc2)nc(N)nc1N1CCCC1. The van der Waals surface area contributed by atoms with E-state index >= 15 is 0 Å². The van der Waals surface area contributed by atoms with Crippen molar-refractivity contribution in [2.45, 2.75) is 12.8 Å². The number of aromatic nitrogens is 3. The summed E-state index contributed by atoms with van der Waals surface area (Å²) in [6.45, 7) is 1.73. The predicted octanol–water partition coefficient (Wildman–Crippen LogP) is 1.37. The topological polar surface area (TPSA) is 116 Å². The van der Waals surface area contributed by atoms with Crippen LogP contribution in [0.25, 0.3) is 0 Å². The first-order chi connectivity index (χ1) is 11.3. The molecule has 1 aliphatic heterocycles. The number of nitriles is 1. The van der Waals surface area contributed by atoms with Gasteiger partial charge in [-0.1, -0.05) is 6.07 Å². The molecule has 0 radical (unpaired) electrons. The first-order valence-corrected chi connectivity index (χ1v) is 7.29. The molecule has 3 N–H and O–H groups in total. The van der Waals surface area contributed by atoms with Gasteiger partial charge in [-0.15, -0.1) is 0 Å². The highest BCUT2D eigenvalue weighted by Gasteiger charge is 2.21. The number of nitrogen functional groups attached to an aromatic ring is 1. The van der Waals surface area contributed by atoms with Gasteiger partial charge in [0.25, 0.3) is 0 Å². The van der Waals surface area contributed by atoms with Crippen molar-refractivity contribution in [1.29, 1.82) is 5.26 Å². The monoisotopic (exact) mass is 308 g/mol. The molecule has 0 aliphatic carbocycles. The molecule has 8 heteroatoms. The van der Waals surface area contributed by atoms with Crippen LogP contribution in [0.3, 0.4) is 0 Å². The molecule has 0 saturated carbocycles. The predicted molar refractivity (Wildman–Crippen MR) is 88.1 cm³/mol. The number of nitrogens with two attached hydrogens (primary N) is 1. The molecule has 8 nitrogen and oxygen atoms in total. The van der Waals surface area contributed by atoms with Crippen LogP contribution >= 0.6 is 0 Å². The number of hydrogen-bond donors (Lipinski definition) is 2. The molecule has 0 atom stereocenters. The lowest BCUT2D eigenvalue weighted by molar-refractivity contribution is 0.926. The van der Waals surface area contributed by atoms with Crippen LogP contribution in [-0.4, -0.2) is 34.3 Å². The zero-order chi connectivity index (χ0) is 16.1. The zero-order valence-corrected chi connectivity index (χ0v) is 12.5. The smallest absolute Gasteiger partial charge is 0.224 e. The van der Waals surface area contributed by atoms with Crippen LogP contribution in [0.2, 0.25) is 0 Å². The molecule has 0 amide bonds. The summed E-state index contributed by atoms with van der Waals surface area (Å²) in [5.41, 5.74) is 9.74. The maximum Gasteiger partial charge on any atom is 0.224 e. The maximum atomic E-state index is 9.47. The van der Waals surface area contributed by atoms with Gasteiger partial charge < -0.3 is 10.6 Å². The third-order valence-corrected chi connectivity index (χ3v) is 3.49. The average molecular weight is 308 g/mol. The highest BCUT2D eigenvalue weighted by atomic mass is 15.3. The summed E-state index contributed by atoms with van der Waals surface area (Å²) >= 11 is 0. The van der Waals surface area contributed by atoms with Crippen molar-refractivity contribution in [3.05, 3.63) is 35.7 Å². The summed E-state index contributed by atoms with van der Waals surface area (Å²) in [4.78, 5) is 14.4. The third kappa shape index (κ3) is 3.35. The number of rotatable bonds is 4. The molecule has 1 saturated heterocycles. The first-order valence-electron chi connectivity index (χ1n) is 7.29. The molecule has 116 valence electrons. The van der Waals surface area contributed by atoms with Gasteiger partial charge in [-0.05, 0) is 18.9 Å². The molecular weight excluding hydrogens is 292 g/mol. The Morgan fingerprint density at radius 3 is 2.87 bits per heavy atom. The average Bonchev–Trinajstić information content (AvgIpc) is 3.10. The fourth-order valence-corrected chi connectivity index (χ4v) is 2.43. The molecule has 1 fully saturated rings. The molecule has 0 unspecified atom stereocenters. The lowest BCUT2D eigenvalue weighted by Crippen LogP contribution is -2.22. The van der Waals surface area contributed by atoms with Gasteiger partial charge in [0, 0.05) is 31.0 Å². The van der Waals surface area contributed by atoms with Gasteiger partial charge in [0.1, 0.15) is 11.6 Å². The van der Waals surface area contributed by atoms with Gasteiger partial charge in [0.05, 0.1) is 6.21 Å². The van der Waals surface area contributed by atoms with Crippen molar-refractivity contribution < 1.29 is 0 Å². The van der Waals surface area contributed by atoms with Crippen LogP contribution in [-0.2, 0) is 0 Å². The Morgan fingerprint density at radius 2 is 2.17 bits per heavy atom. The molecule has 3 rings (SSSR count). The first kappa shape index (κ1) is 14.7. The Hall–Kier alpha value is -3.21. The summed E-state index contributed by atoms with van der Waals surface area (Å²) in [7, 11) is 0. The Bertz CT molecular complexity index is 744. The summed E-state index contributed by atoms with van der Waals surface area (Å²) in [6, 6.07) is 5.83. The lowest BCUT2D eigenvalue weighted by atomic mass is 10.3. The molecule has 0 bridgehead atoms. The fraction of sp³-hybridized carbons (Fsp3) is 0.267. The summed E-state index contributed by atoms with van der Waals surface area (Å²) in [5, 5.41) is 13.6. The van der Waals surface area contributed by atoms with Crippen LogP contribution < -0.4 is 16.1 Å². The Kier molecular flexibility index (Phi) is 4.29. The van der Waals surface area contributed by atoms with Crippen LogP contribution in [0.1, 0.15) is 24.0 Å². The number of pyridine rings is 1. The molecule has 2 aromatic rings. The number of anilines is 3. The van der Waals surface area contributed by atoms with Gasteiger partial charge in [0.15, 0.2) is 11.6 Å². The fourth-order valence-electron chi connectivity index (χ4n) is 2.43. The van der Waals surface area contributed by atoms with Crippen molar-refractivity contribution in [3.63, 3.8) is 0 Å². The Balaban J connectivity index is 1.86. The van der Waals surface area contributed by atoms with E-state index in [2.05, 4.69) is 31.5 Å². The second-order valence-electron chi connectivity index (χ2n) is 5.09. The van der Waals surface area contributed by atoms with Crippen molar-refractivity contribution in [1.82, 2.24) is 15.0 Å². The molecule has 0 spiro atoms. The van der Waals surface area contributed by atoms with Crippen molar-refractivity contribution in [2.75, 3.05) is 29.1 Å². The van der Waals surface area contributed by atoms with Crippen LogP contribution in [0.4, 0.5) is 17.6 Å². The molecular formula is C15H16N8. The molecule has 0 aromatic carbocycles. The van der Waals surface area contributed by atoms with E-state index < -0.39 is 0 Å². The van der Waals surface area contributed by atoms with E-state index in [1.807, 2.05) is 17.0 Å². The van der Waals surface area contributed by atoms with Crippen molar-refractivity contribution >= 4 is 23.8 Å². The third-order valence-electron chi connectivity index (χ3n) is 3.49. The quantitative estimate of drug-likeness (QED) is 0.647. The van der Waals surface area contributed by atoms with Gasteiger partial charge in [-0.25, -0.2) is 0 Å². The zero-order valence-electron chi connectivity index (χ0n) is 12.5. The van der Waals surface area contributed by atoms with E-state index in [9.17, 15) is 5.26 Å². The standard InChI is InChI=1S/C15H16N8/c16-8-12-13(22-19-10-11-4-3-5-18-9-11)20-15(17)21-14(12)23-6-1-2-7-23/h3-5,9-10H,1-2,6-7H2,(H3,17,20,21,22)/b19-10+. The summed E-state index contributed by atoms with van der Waals surface area (Å²) < 4.78 is 0. The second-order valence-corrected chi connectivity index (χ2v) is 5.09. The number of nitrogens with zero attached hydrogens (tertiary/aromatic N) is 6. The number of hydrazone groups is 1. The van der Waals surface area contributed by atoms with Crippen molar-refractivity contribution in [2.24, 2.45) is 5.10 Å². The largest absolute Gasteiger partial charge is 0.368 e. The lowest BCUT2D eigenvalue weighted by Gasteiger charge is -2.18. The highest BCUT2D eigenvalue weighted by molar-refractivity contribution is 5.80. The van der Waals surface area contributed by atoms with Gasteiger partial charge in [-0.3, -0.25) is 10.4 Å². The van der Waals surface area contributed by atoms with Crippen molar-refractivity contribution in [3.8, 4) is 6.07 Å². The van der Waals surface area contributed by atoms with Crippen LogP contribution in [0, 0.1) is 11.3 Å². The minimum atomic E-state index is 0.116. The molecule has 3 heterocycles. The highest BCUT2D eigenvalue weighted by Crippen LogP contribution is 2.27. The van der Waals surface area contributed by atoms with E-state index in [-0.39, 0.29) is 5.95 Å². The Labute approximate surface area is 133 Å². The number of hydrogen-bond acceptors (Lipinski definition) is 8. The molecule has 2 aromatic heterocycles. The van der Waals surface area contributed by atoms with Crippen LogP contribution in [0.15, 0.2) is 29.6 Å². The normalized spacial score (nSPS) is 14.1. The molecule has 1 aliphatic rings. The van der Waals surface area contributed by atoms with E-state index in [1.54, 1.807) is 18.6 Å². The Morgan fingerprint density at radius 1 is 1.35 bits per heavy atom. The number of nitrogens with one attached hydrogen (secondary N) is 1.